The molecule has 0 heterocycles. The summed E-state index contributed by atoms with van der Waals surface area (Å²) in [5.74, 6) is 0. The summed E-state index contributed by atoms with van der Waals surface area (Å²) in [5, 5.41) is -0.328. The first-order valence-electron chi connectivity index (χ1n) is 4.05. The molecule has 0 radical (unpaired) electrons. The van der Waals surface area contributed by atoms with Gasteiger partial charge in [0.05, 0.1) is 0 Å². The maximum absolute atomic E-state index is 11.3. The third-order valence-electron chi connectivity index (χ3n) is 1.89. The molecular formula is C7H16ClNO2S. The quantitative estimate of drug-likeness (QED) is 0.652. The fourth-order valence-corrected chi connectivity index (χ4v) is 2.64. The number of nitrogens with zero attached hydrogens (tertiary/aromatic N) is 1. The lowest BCUT2D eigenvalue weighted by Gasteiger charge is -2.24. The summed E-state index contributed by atoms with van der Waals surface area (Å²) in [7, 11) is -3.22. The number of halogens is 1. The summed E-state index contributed by atoms with van der Waals surface area (Å²) in [4.78, 5) is 0. The Morgan fingerprint density at radius 1 is 1.42 bits per heavy atom. The van der Waals surface area contributed by atoms with Crippen LogP contribution in [0.5, 0.6) is 0 Å². The van der Waals surface area contributed by atoms with Gasteiger partial charge in [0.25, 0.3) is 0 Å². The van der Waals surface area contributed by atoms with Gasteiger partial charge in [0.2, 0.25) is 10.0 Å². The Kier molecular flexibility index (Phi) is 5.13. The molecule has 0 fully saturated rings. The minimum Gasteiger partial charge on any atom is -0.211 e. The van der Waals surface area contributed by atoms with Crippen LogP contribution in [0.3, 0.4) is 0 Å². The Labute approximate surface area is 79.8 Å². The molecule has 1 unspecified atom stereocenters. The van der Waals surface area contributed by atoms with E-state index in [1.165, 1.54) is 4.31 Å². The van der Waals surface area contributed by atoms with Crippen LogP contribution in [0.1, 0.15) is 27.2 Å². The van der Waals surface area contributed by atoms with E-state index in [4.69, 9.17) is 11.6 Å². The van der Waals surface area contributed by atoms with Crippen molar-refractivity contribution in [2.75, 3.05) is 11.8 Å². The summed E-state index contributed by atoms with van der Waals surface area (Å²) in [6, 6.07) is 0.0405. The second kappa shape index (κ2) is 5.04. The Balaban J connectivity index is 4.56. The van der Waals surface area contributed by atoms with Crippen molar-refractivity contribution in [3.63, 3.8) is 0 Å². The van der Waals surface area contributed by atoms with Crippen LogP contribution in [0.2, 0.25) is 0 Å². The Morgan fingerprint density at radius 2 is 1.92 bits per heavy atom. The van der Waals surface area contributed by atoms with E-state index < -0.39 is 10.0 Å². The van der Waals surface area contributed by atoms with Crippen LogP contribution >= 0.6 is 11.6 Å². The highest BCUT2D eigenvalue weighted by atomic mass is 35.5. The van der Waals surface area contributed by atoms with Crippen molar-refractivity contribution >= 4 is 21.6 Å². The Bertz CT molecular complexity index is 215. The molecule has 5 heteroatoms. The first-order valence-corrected chi connectivity index (χ1v) is 6.19. The fourth-order valence-electron chi connectivity index (χ4n) is 1.05. The van der Waals surface area contributed by atoms with Crippen molar-refractivity contribution < 1.29 is 8.42 Å². The lowest BCUT2D eigenvalue weighted by molar-refractivity contribution is 0.344. The highest BCUT2D eigenvalue weighted by molar-refractivity contribution is 7.90. The van der Waals surface area contributed by atoms with Gasteiger partial charge in [0.1, 0.15) is 5.21 Å². The van der Waals surface area contributed by atoms with Crippen LogP contribution in [0, 0.1) is 0 Å². The van der Waals surface area contributed by atoms with Crippen LogP contribution in [-0.2, 0) is 10.0 Å². The van der Waals surface area contributed by atoms with Gasteiger partial charge in [-0.3, -0.25) is 0 Å². The van der Waals surface area contributed by atoms with Gasteiger partial charge in [-0.15, -0.1) is 11.6 Å². The van der Waals surface area contributed by atoms with Crippen molar-refractivity contribution in [2.45, 2.75) is 33.2 Å². The summed E-state index contributed by atoms with van der Waals surface area (Å²) >= 11 is 5.34. The normalized spacial score (nSPS) is 15.1. The minimum atomic E-state index is -3.22. The Morgan fingerprint density at radius 3 is 2.17 bits per heavy atom. The molecule has 0 aromatic heterocycles. The van der Waals surface area contributed by atoms with Crippen LogP contribution in [0.25, 0.3) is 0 Å². The fraction of sp³-hybridized carbons (Fsp3) is 1.00. The minimum absolute atomic E-state index is 0.0405. The molecule has 0 rings (SSSR count). The molecular weight excluding hydrogens is 198 g/mol. The molecule has 0 aliphatic heterocycles. The lowest BCUT2D eigenvalue weighted by atomic mass is 10.3. The van der Waals surface area contributed by atoms with Crippen LogP contribution in [-0.4, -0.2) is 30.5 Å². The van der Waals surface area contributed by atoms with Gasteiger partial charge in [-0.1, -0.05) is 13.8 Å². The highest BCUT2D eigenvalue weighted by Gasteiger charge is 2.23. The number of rotatable bonds is 5. The molecule has 74 valence electrons. The van der Waals surface area contributed by atoms with Crippen molar-refractivity contribution in [3.05, 3.63) is 0 Å². The molecule has 12 heavy (non-hydrogen) atoms. The zero-order valence-electron chi connectivity index (χ0n) is 7.75. The first-order chi connectivity index (χ1) is 5.49. The van der Waals surface area contributed by atoms with Gasteiger partial charge in [0, 0.05) is 12.6 Å². The maximum Gasteiger partial charge on any atom is 0.228 e. The molecule has 0 aromatic rings. The van der Waals surface area contributed by atoms with Gasteiger partial charge in [-0.2, -0.15) is 4.31 Å². The zero-order valence-corrected chi connectivity index (χ0v) is 9.32. The molecule has 0 bridgehead atoms. The molecule has 0 aromatic carbocycles. The monoisotopic (exact) mass is 213 g/mol. The second-order valence-corrected chi connectivity index (χ2v) is 5.19. The van der Waals surface area contributed by atoms with Gasteiger partial charge in [0.15, 0.2) is 0 Å². The summed E-state index contributed by atoms with van der Waals surface area (Å²) in [5.41, 5.74) is 0. The third-order valence-corrected chi connectivity index (χ3v) is 4.33. The van der Waals surface area contributed by atoms with E-state index in [2.05, 4.69) is 0 Å². The predicted molar refractivity (Wildman–Crippen MR) is 51.8 cm³/mol. The largest absolute Gasteiger partial charge is 0.228 e. The smallest absolute Gasteiger partial charge is 0.211 e. The lowest BCUT2D eigenvalue weighted by Crippen LogP contribution is -2.38. The summed E-state index contributed by atoms with van der Waals surface area (Å²) in [6.07, 6.45) is 0.809. The third kappa shape index (κ3) is 2.92. The van der Waals surface area contributed by atoms with E-state index in [-0.39, 0.29) is 11.3 Å². The Hall–Kier alpha value is 0.200. The molecule has 0 aliphatic rings. The number of sulfonamides is 1. The van der Waals surface area contributed by atoms with E-state index in [0.717, 1.165) is 6.42 Å². The zero-order chi connectivity index (χ0) is 9.78. The standard InChI is InChI=1S/C7H16ClNO2S/c1-4-7(3)9(5-2)12(10,11)6-8/h7H,4-6H2,1-3H3. The van der Waals surface area contributed by atoms with Gasteiger partial charge >= 0.3 is 0 Å². The van der Waals surface area contributed by atoms with Gasteiger partial charge < -0.3 is 0 Å². The van der Waals surface area contributed by atoms with Crippen LogP contribution in [0.15, 0.2) is 0 Å². The summed E-state index contributed by atoms with van der Waals surface area (Å²) in [6.45, 7) is 6.14. The molecule has 0 saturated heterocycles. The van der Waals surface area contributed by atoms with Crippen molar-refractivity contribution in [2.24, 2.45) is 0 Å². The maximum atomic E-state index is 11.3. The van der Waals surface area contributed by atoms with E-state index in [1.807, 2.05) is 20.8 Å². The second-order valence-electron chi connectivity index (χ2n) is 2.68. The molecule has 0 saturated carbocycles. The average Bonchev–Trinajstić information content (AvgIpc) is 2.05. The summed E-state index contributed by atoms with van der Waals surface area (Å²) < 4.78 is 24.1. The average molecular weight is 214 g/mol. The first kappa shape index (κ1) is 12.2. The number of hydrogen-bond donors (Lipinski definition) is 0. The topological polar surface area (TPSA) is 37.4 Å². The molecule has 1 atom stereocenters. The van der Waals surface area contributed by atoms with Crippen molar-refractivity contribution in [1.29, 1.82) is 0 Å². The van der Waals surface area contributed by atoms with E-state index in [9.17, 15) is 8.42 Å². The number of alkyl halides is 1. The van der Waals surface area contributed by atoms with E-state index in [0.29, 0.717) is 6.54 Å². The highest BCUT2D eigenvalue weighted by Crippen LogP contribution is 2.10. The SMILES string of the molecule is CCC(C)N(CC)S(=O)(=O)CCl. The van der Waals surface area contributed by atoms with Crippen LogP contribution < -0.4 is 0 Å². The molecule has 0 aliphatic carbocycles. The molecule has 0 N–H and O–H groups in total. The van der Waals surface area contributed by atoms with E-state index >= 15 is 0 Å². The number of hydrogen-bond acceptors (Lipinski definition) is 2. The predicted octanol–water partition coefficient (Wildman–Crippen LogP) is 1.63. The molecule has 0 spiro atoms. The molecule has 0 amide bonds. The van der Waals surface area contributed by atoms with Gasteiger partial charge in [-0.25, -0.2) is 8.42 Å². The van der Waals surface area contributed by atoms with E-state index in [1.54, 1.807) is 0 Å². The van der Waals surface area contributed by atoms with Crippen LogP contribution in [0.4, 0.5) is 0 Å². The van der Waals surface area contributed by atoms with Crippen molar-refractivity contribution in [1.82, 2.24) is 4.31 Å². The molecule has 3 nitrogen and oxygen atoms in total. The van der Waals surface area contributed by atoms with Gasteiger partial charge in [-0.05, 0) is 13.3 Å². The van der Waals surface area contributed by atoms with Crippen molar-refractivity contribution in [3.8, 4) is 0 Å².